The number of nitrogens with zero attached hydrogens (tertiary/aromatic N) is 2. The molecule has 2 rings (SSSR count). The van der Waals surface area contributed by atoms with Gasteiger partial charge in [-0.2, -0.15) is 0 Å². The average Bonchev–Trinajstić information content (AvgIpc) is 2.55. The fourth-order valence-corrected chi connectivity index (χ4v) is 1.57. The molecule has 0 aliphatic rings. The summed E-state index contributed by atoms with van der Waals surface area (Å²) in [5.74, 6) is -1.24. The van der Waals surface area contributed by atoms with E-state index in [-0.39, 0.29) is 23.2 Å². The Hall–Kier alpha value is -1.63. The second-order valence-electron chi connectivity index (χ2n) is 3.99. The molecule has 118 valence electrons. The van der Waals surface area contributed by atoms with Crippen molar-refractivity contribution in [3.05, 3.63) is 59.7 Å². The minimum Gasteiger partial charge on any atom is -0.386 e. The van der Waals surface area contributed by atoms with Crippen molar-refractivity contribution in [3.63, 3.8) is 0 Å². The highest BCUT2D eigenvalue weighted by Gasteiger charge is 2.06. The Morgan fingerprint density at radius 2 is 1.68 bits per heavy atom. The maximum Gasteiger partial charge on any atom is 0.195 e. The summed E-state index contributed by atoms with van der Waals surface area (Å²) >= 11 is 10.6. The van der Waals surface area contributed by atoms with E-state index in [1.807, 2.05) is 0 Å². The highest BCUT2D eigenvalue weighted by atomic mass is 35.5. The molecular weight excluding hydrogens is 337 g/mol. The smallest absolute Gasteiger partial charge is 0.195 e. The number of pyridine rings is 2. The average molecular weight is 349 g/mol. The third-order valence-electron chi connectivity index (χ3n) is 2.37. The number of carbonyl (C=O) groups is 1. The van der Waals surface area contributed by atoms with Gasteiger partial charge >= 0.3 is 0 Å². The van der Waals surface area contributed by atoms with Gasteiger partial charge in [0.1, 0.15) is 23.4 Å². The van der Waals surface area contributed by atoms with Gasteiger partial charge in [0.05, 0.1) is 29.8 Å². The first kappa shape index (κ1) is 18.4. The van der Waals surface area contributed by atoms with E-state index in [1.165, 1.54) is 24.3 Å². The van der Waals surface area contributed by atoms with Crippen molar-refractivity contribution >= 4 is 29.0 Å². The molecule has 1 N–H and O–H groups in total. The Morgan fingerprint density at radius 1 is 1.09 bits per heavy atom. The summed E-state index contributed by atoms with van der Waals surface area (Å²) in [5.41, 5.74) is 0.586. The van der Waals surface area contributed by atoms with Crippen LogP contribution in [0.2, 0.25) is 0 Å². The number of aliphatic hydroxyl groups excluding tert-OH is 1. The van der Waals surface area contributed by atoms with Crippen LogP contribution in [-0.4, -0.2) is 32.6 Å². The molecule has 1 atom stereocenters. The third kappa shape index (κ3) is 6.01. The lowest BCUT2D eigenvalue weighted by Crippen LogP contribution is -2.02. The molecule has 22 heavy (non-hydrogen) atoms. The summed E-state index contributed by atoms with van der Waals surface area (Å²) in [7, 11) is 0. The molecule has 0 bridgehead atoms. The van der Waals surface area contributed by atoms with E-state index in [4.69, 9.17) is 28.3 Å². The Balaban J connectivity index is 0.000000220. The Morgan fingerprint density at radius 3 is 2.09 bits per heavy atom. The number of aliphatic hydroxyl groups is 1. The molecule has 0 saturated heterocycles. The number of Topliss-reactive ketones (excluding diaryl/α,β-unsaturated/α-hetero) is 1. The van der Waals surface area contributed by atoms with Gasteiger partial charge in [0.25, 0.3) is 0 Å². The largest absolute Gasteiger partial charge is 0.386 e. The number of alkyl halides is 2. The van der Waals surface area contributed by atoms with Gasteiger partial charge in [0.2, 0.25) is 0 Å². The molecule has 0 radical (unpaired) electrons. The van der Waals surface area contributed by atoms with Gasteiger partial charge in [-0.1, -0.05) is 0 Å². The minimum absolute atomic E-state index is 0.0681. The van der Waals surface area contributed by atoms with Crippen LogP contribution >= 0.6 is 23.2 Å². The normalized spacial score (nSPS) is 11.3. The monoisotopic (exact) mass is 348 g/mol. The molecule has 0 aromatic carbocycles. The number of halogens is 4. The Kier molecular flexibility index (Phi) is 7.87. The van der Waals surface area contributed by atoms with Crippen LogP contribution in [0.3, 0.4) is 0 Å². The maximum atomic E-state index is 12.3. The predicted molar refractivity (Wildman–Crippen MR) is 79.1 cm³/mol. The van der Waals surface area contributed by atoms with Gasteiger partial charge < -0.3 is 5.11 Å². The van der Waals surface area contributed by atoms with Gasteiger partial charge in [0, 0.05) is 0 Å². The fourth-order valence-electron chi connectivity index (χ4n) is 1.27. The van der Waals surface area contributed by atoms with Gasteiger partial charge in [-0.05, 0) is 24.3 Å². The van der Waals surface area contributed by atoms with E-state index in [0.29, 0.717) is 5.69 Å². The Bertz CT molecular complexity index is 595. The molecule has 0 aliphatic carbocycles. The van der Waals surface area contributed by atoms with Crippen molar-refractivity contribution in [1.82, 2.24) is 9.97 Å². The molecule has 2 aromatic heterocycles. The quantitative estimate of drug-likeness (QED) is 0.681. The van der Waals surface area contributed by atoms with Gasteiger partial charge in [-0.25, -0.2) is 8.78 Å². The molecule has 2 heterocycles. The van der Waals surface area contributed by atoms with Crippen LogP contribution in [-0.2, 0) is 0 Å². The first-order chi connectivity index (χ1) is 10.5. The molecule has 0 unspecified atom stereocenters. The van der Waals surface area contributed by atoms with Crippen LogP contribution in [0.1, 0.15) is 22.3 Å². The van der Waals surface area contributed by atoms with E-state index in [9.17, 15) is 13.6 Å². The van der Waals surface area contributed by atoms with Gasteiger partial charge in [-0.15, -0.1) is 23.2 Å². The van der Waals surface area contributed by atoms with E-state index >= 15 is 0 Å². The molecule has 0 fully saturated rings. The number of carbonyl (C=O) groups excluding carboxylic acids is 1. The molecule has 0 saturated carbocycles. The molecule has 0 spiro atoms. The van der Waals surface area contributed by atoms with E-state index in [1.54, 1.807) is 0 Å². The van der Waals surface area contributed by atoms with Crippen molar-refractivity contribution in [2.24, 2.45) is 0 Å². The van der Waals surface area contributed by atoms with Crippen molar-refractivity contribution in [2.45, 2.75) is 6.10 Å². The first-order valence-corrected chi connectivity index (χ1v) is 7.11. The number of hydrogen-bond donors (Lipinski definition) is 1. The number of ketones is 1. The van der Waals surface area contributed by atoms with Crippen LogP contribution in [0.25, 0.3) is 0 Å². The molecule has 0 amide bonds. The molecular formula is C14H12Cl2F2N2O2. The molecule has 0 aliphatic heterocycles. The van der Waals surface area contributed by atoms with Crippen molar-refractivity contribution in [1.29, 1.82) is 0 Å². The highest BCUT2D eigenvalue weighted by molar-refractivity contribution is 6.30. The predicted octanol–water partition coefficient (Wildman–Crippen LogP) is 3.14. The number of hydrogen-bond acceptors (Lipinski definition) is 4. The second-order valence-corrected chi connectivity index (χ2v) is 4.57. The van der Waals surface area contributed by atoms with Crippen molar-refractivity contribution < 1.29 is 18.7 Å². The lowest BCUT2D eigenvalue weighted by atomic mass is 10.2. The zero-order valence-corrected chi connectivity index (χ0v) is 12.7. The van der Waals surface area contributed by atoms with Crippen LogP contribution in [0.15, 0.2) is 36.7 Å². The van der Waals surface area contributed by atoms with E-state index in [2.05, 4.69) is 9.97 Å². The summed E-state index contributed by atoms with van der Waals surface area (Å²) in [5, 5.41) is 9.10. The van der Waals surface area contributed by atoms with E-state index in [0.717, 1.165) is 12.4 Å². The summed E-state index contributed by atoms with van der Waals surface area (Å²) in [4.78, 5) is 18.0. The lowest BCUT2D eigenvalue weighted by Gasteiger charge is -2.03. The molecule has 4 nitrogen and oxygen atoms in total. The minimum atomic E-state index is -0.808. The topological polar surface area (TPSA) is 63.1 Å². The van der Waals surface area contributed by atoms with Gasteiger partial charge in [-0.3, -0.25) is 14.8 Å². The summed E-state index contributed by atoms with van der Waals surface area (Å²) < 4.78 is 24.5. The number of rotatable bonds is 4. The lowest BCUT2D eigenvalue weighted by molar-refractivity contribution is 0.101. The number of aromatic nitrogens is 2. The standard InChI is InChI=1S/C7H7ClFNO.C7H5ClFNO/c2*8-3-7(11)6-2-1-5(9)4-10-6/h1-2,4,7,11H,3H2;1-2,4H,3H2/t7-;/m0./s1. The van der Waals surface area contributed by atoms with Gasteiger partial charge in [0.15, 0.2) is 5.78 Å². The summed E-state index contributed by atoms with van der Waals surface area (Å²) in [6.45, 7) is 0. The zero-order chi connectivity index (χ0) is 16.5. The van der Waals surface area contributed by atoms with Crippen LogP contribution < -0.4 is 0 Å². The summed E-state index contributed by atoms with van der Waals surface area (Å²) in [6.07, 6.45) is 1.22. The fraction of sp³-hybridized carbons (Fsp3) is 0.214. The second kappa shape index (κ2) is 9.40. The summed E-state index contributed by atoms with van der Waals surface area (Å²) in [6, 6.07) is 5.12. The Labute approximate surface area is 135 Å². The van der Waals surface area contributed by atoms with Crippen LogP contribution in [0, 0.1) is 11.6 Å². The SMILES string of the molecule is O=C(CCl)c1ccc(F)cn1.O[C@@H](CCl)c1ccc(F)cn1. The van der Waals surface area contributed by atoms with Crippen LogP contribution in [0.5, 0.6) is 0 Å². The third-order valence-corrected chi connectivity index (χ3v) is 2.91. The van der Waals surface area contributed by atoms with Crippen LogP contribution in [0.4, 0.5) is 8.78 Å². The zero-order valence-electron chi connectivity index (χ0n) is 11.2. The molecule has 2 aromatic rings. The van der Waals surface area contributed by atoms with E-state index < -0.39 is 17.7 Å². The van der Waals surface area contributed by atoms with Crippen molar-refractivity contribution in [3.8, 4) is 0 Å². The highest BCUT2D eigenvalue weighted by Crippen LogP contribution is 2.10. The molecule has 8 heteroatoms. The van der Waals surface area contributed by atoms with Crippen molar-refractivity contribution in [2.75, 3.05) is 11.8 Å². The maximum absolute atomic E-state index is 12.3. The first-order valence-electron chi connectivity index (χ1n) is 6.04.